The summed E-state index contributed by atoms with van der Waals surface area (Å²) in [5.74, 6) is -3.36. The Morgan fingerprint density at radius 2 is 1.85 bits per heavy atom. The lowest BCUT2D eigenvalue weighted by molar-refractivity contribution is -0.138. The summed E-state index contributed by atoms with van der Waals surface area (Å²) in [4.78, 5) is 14.8. The van der Waals surface area contributed by atoms with Crippen LogP contribution in [0.3, 0.4) is 0 Å². The van der Waals surface area contributed by atoms with E-state index in [-0.39, 0.29) is 22.3 Å². The Bertz CT molecular complexity index is 902. The van der Waals surface area contributed by atoms with Crippen LogP contribution in [0.5, 0.6) is 0 Å². The van der Waals surface area contributed by atoms with Crippen LogP contribution in [0, 0.1) is 17.6 Å². The second-order valence-electron chi connectivity index (χ2n) is 5.82. The average molecular weight is 385 g/mol. The number of nitrogens with zero attached hydrogens (tertiary/aromatic N) is 1. The fraction of sp³-hybridized carbons (Fsp3) is 0.250. The zero-order chi connectivity index (χ0) is 19.5. The van der Waals surface area contributed by atoms with E-state index < -0.39 is 33.7 Å². The second-order valence-corrected chi connectivity index (χ2v) is 7.50. The van der Waals surface area contributed by atoms with Gasteiger partial charge in [-0.3, -0.25) is 4.72 Å². The topological polar surface area (TPSA) is 108 Å². The maximum absolute atomic E-state index is 13.2. The van der Waals surface area contributed by atoms with E-state index in [1.165, 1.54) is 12.1 Å². The van der Waals surface area contributed by atoms with Gasteiger partial charge in [-0.05, 0) is 30.2 Å². The number of halogens is 2. The molecule has 10 heteroatoms. The zero-order valence-corrected chi connectivity index (χ0v) is 14.7. The molecular weight excluding hydrogens is 368 g/mol. The Kier molecular flexibility index (Phi) is 5.76. The minimum atomic E-state index is -4.07. The van der Waals surface area contributed by atoms with Gasteiger partial charge in [-0.15, -0.1) is 0 Å². The summed E-state index contributed by atoms with van der Waals surface area (Å²) in [6, 6.07) is 4.26. The molecule has 1 aromatic carbocycles. The first-order valence-electron chi connectivity index (χ1n) is 7.53. The molecule has 0 fully saturated rings. The molecule has 2 aromatic rings. The Morgan fingerprint density at radius 3 is 2.35 bits per heavy atom. The Morgan fingerprint density at radius 1 is 1.15 bits per heavy atom. The van der Waals surface area contributed by atoms with E-state index in [0.717, 1.165) is 24.4 Å². The summed E-state index contributed by atoms with van der Waals surface area (Å²) in [6.45, 7) is 3.44. The molecule has 2 rings (SSSR count). The summed E-state index contributed by atoms with van der Waals surface area (Å²) >= 11 is 0. The number of sulfonamides is 1. The third-order valence-corrected chi connectivity index (χ3v) is 4.82. The molecule has 0 aliphatic heterocycles. The van der Waals surface area contributed by atoms with E-state index in [9.17, 15) is 22.0 Å². The maximum Gasteiger partial charge on any atom is 0.326 e. The van der Waals surface area contributed by atoms with E-state index in [1.54, 1.807) is 13.8 Å². The van der Waals surface area contributed by atoms with Gasteiger partial charge in [0.2, 0.25) is 0 Å². The van der Waals surface area contributed by atoms with Gasteiger partial charge >= 0.3 is 5.97 Å². The molecule has 0 saturated heterocycles. The van der Waals surface area contributed by atoms with Crippen LogP contribution in [0.2, 0.25) is 0 Å². The van der Waals surface area contributed by atoms with Gasteiger partial charge in [0.25, 0.3) is 10.0 Å². The molecular formula is C16H17F2N3O4S. The first kappa shape index (κ1) is 19.6. The van der Waals surface area contributed by atoms with E-state index in [0.29, 0.717) is 0 Å². The standard InChI is InChI=1S/C16H17F2N3O4S/c1-9(2)15(16(22)23)20-14-6-4-11(8-19-14)26(24,25)21-10-3-5-12(17)13(18)7-10/h3-9,15,21H,1-2H3,(H,19,20)(H,22,23)/t15-/m0/s1. The first-order valence-corrected chi connectivity index (χ1v) is 9.02. The van der Waals surface area contributed by atoms with Crippen LogP contribution in [0.25, 0.3) is 0 Å². The van der Waals surface area contributed by atoms with Gasteiger partial charge in [-0.2, -0.15) is 0 Å². The number of benzene rings is 1. The molecule has 0 amide bonds. The maximum atomic E-state index is 13.2. The molecule has 3 N–H and O–H groups in total. The predicted molar refractivity (Wildman–Crippen MR) is 91.3 cm³/mol. The molecule has 1 aromatic heterocycles. The van der Waals surface area contributed by atoms with Crippen LogP contribution >= 0.6 is 0 Å². The van der Waals surface area contributed by atoms with Crippen molar-refractivity contribution in [3.8, 4) is 0 Å². The Hall–Kier alpha value is -2.75. The summed E-state index contributed by atoms with van der Waals surface area (Å²) in [6.07, 6.45) is 1.03. The highest BCUT2D eigenvalue weighted by molar-refractivity contribution is 7.92. The van der Waals surface area contributed by atoms with Crippen molar-refractivity contribution >= 4 is 27.5 Å². The third kappa shape index (κ3) is 4.66. The number of carboxylic acid groups (broad SMARTS) is 1. The lowest BCUT2D eigenvalue weighted by Crippen LogP contribution is -2.34. The number of aliphatic carboxylic acids is 1. The number of carboxylic acids is 1. The predicted octanol–water partition coefficient (Wildman–Crippen LogP) is 2.68. The van der Waals surface area contributed by atoms with Crippen LogP contribution in [-0.2, 0) is 14.8 Å². The van der Waals surface area contributed by atoms with Gasteiger partial charge in [0, 0.05) is 12.3 Å². The van der Waals surface area contributed by atoms with Crippen LogP contribution in [0.4, 0.5) is 20.3 Å². The van der Waals surface area contributed by atoms with Crippen LogP contribution < -0.4 is 10.0 Å². The highest BCUT2D eigenvalue weighted by Crippen LogP contribution is 2.19. The van der Waals surface area contributed by atoms with E-state index in [4.69, 9.17) is 5.11 Å². The number of anilines is 2. The average Bonchev–Trinajstić information content (AvgIpc) is 2.55. The first-order chi connectivity index (χ1) is 12.1. The summed E-state index contributed by atoms with van der Waals surface area (Å²) in [7, 11) is -4.07. The molecule has 7 nitrogen and oxygen atoms in total. The van der Waals surface area contributed by atoms with Crippen LogP contribution in [0.1, 0.15) is 13.8 Å². The number of nitrogens with one attached hydrogen (secondary N) is 2. The third-order valence-electron chi connectivity index (χ3n) is 3.45. The number of hydrogen-bond acceptors (Lipinski definition) is 5. The van der Waals surface area contributed by atoms with Crippen molar-refractivity contribution in [3.05, 3.63) is 48.2 Å². The summed E-state index contributed by atoms with van der Waals surface area (Å²) < 4.78 is 52.7. The molecule has 0 aliphatic rings. The van der Waals surface area contributed by atoms with Gasteiger partial charge in [0.1, 0.15) is 16.8 Å². The highest BCUT2D eigenvalue weighted by atomic mass is 32.2. The Balaban J connectivity index is 2.18. The van der Waals surface area contributed by atoms with Gasteiger partial charge < -0.3 is 10.4 Å². The van der Waals surface area contributed by atoms with Gasteiger partial charge in [-0.25, -0.2) is 27.0 Å². The number of aromatic nitrogens is 1. The quantitative estimate of drug-likeness (QED) is 0.676. The largest absolute Gasteiger partial charge is 0.480 e. The lowest BCUT2D eigenvalue weighted by atomic mass is 10.1. The van der Waals surface area contributed by atoms with Crippen LogP contribution in [-0.4, -0.2) is 30.5 Å². The number of pyridine rings is 1. The second kappa shape index (κ2) is 7.65. The molecule has 1 atom stereocenters. The minimum absolute atomic E-state index is 0.142. The van der Waals surface area contributed by atoms with E-state index >= 15 is 0 Å². The molecule has 1 heterocycles. The number of hydrogen-bond donors (Lipinski definition) is 3. The fourth-order valence-electron chi connectivity index (χ4n) is 2.07. The number of rotatable bonds is 7. The van der Waals surface area contributed by atoms with Crippen LogP contribution in [0.15, 0.2) is 41.4 Å². The fourth-order valence-corrected chi connectivity index (χ4v) is 3.07. The van der Waals surface area contributed by atoms with Crippen molar-refractivity contribution in [2.45, 2.75) is 24.8 Å². The van der Waals surface area contributed by atoms with E-state index in [1.807, 2.05) is 0 Å². The summed E-state index contributed by atoms with van der Waals surface area (Å²) in [5.41, 5.74) is -0.142. The molecule has 0 bridgehead atoms. The van der Waals surface area contributed by atoms with Crippen molar-refractivity contribution in [1.82, 2.24) is 4.98 Å². The zero-order valence-electron chi connectivity index (χ0n) is 13.9. The highest BCUT2D eigenvalue weighted by Gasteiger charge is 2.22. The Labute approximate surface area is 149 Å². The van der Waals surface area contributed by atoms with Crippen molar-refractivity contribution in [1.29, 1.82) is 0 Å². The van der Waals surface area contributed by atoms with Crippen molar-refractivity contribution in [2.75, 3.05) is 10.0 Å². The van der Waals surface area contributed by atoms with Gasteiger partial charge in [0.05, 0.1) is 5.69 Å². The molecule has 0 spiro atoms. The van der Waals surface area contributed by atoms with E-state index in [2.05, 4.69) is 15.0 Å². The lowest BCUT2D eigenvalue weighted by Gasteiger charge is -2.18. The molecule has 26 heavy (non-hydrogen) atoms. The molecule has 0 unspecified atom stereocenters. The molecule has 0 radical (unpaired) electrons. The van der Waals surface area contributed by atoms with Gasteiger partial charge in [-0.1, -0.05) is 13.8 Å². The SMILES string of the molecule is CC(C)[C@H](Nc1ccc(S(=O)(=O)Nc2ccc(F)c(F)c2)cn1)C(=O)O. The monoisotopic (exact) mass is 385 g/mol. The minimum Gasteiger partial charge on any atom is -0.480 e. The number of carbonyl (C=O) groups is 1. The molecule has 0 saturated carbocycles. The van der Waals surface area contributed by atoms with Crippen molar-refractivity contribution in [2.24, 2.45) is 5.92 Å². The van der Waals surface area contributed by atoms with Gasteiger partial charge in [0.15, 0.2) is 11.6 Å². The molecule has 140 valence electrons. The smallest absolute Gasteiger partial charge is 0.326 e. The summed E-state index contributed by atoms with van der Waals surface area (Å²) in [5, 5.41) is 11.8. The molecule has 0 aliphatic carbocycles. The van der Waals surface area contributed by atoms with Crippen molar-refractivity contribution in [3.63, 3.8) is 0 Å². The normalized spacial score (nSPS) is 12.7. The van der Waals surface area contributed by atoms with Crippen molar-refractivity contribution < 1.29 is 27.1 Å².